The fraction of sp³-hybridized carbons (Fsp3) is 0.261. The van der Waals surface area contributed by atoms with Crippen LogP contribution < -0.4 is 15.0 Å². The van der Waals surface area contributed by atoms with E-state index in [2.05, 4.69) is 15.0 Å². The van der Waals surface area contributed by atoms with Gasteiger partial charge in [0.15, 0.2) is 0 Å². The number of hydrogen-bond donors (Lipinski definition) is 1. The maximum atomic E-state index is 13.4. The number of urea groups is 1. The molecule has 2 heterocycles. The lowest BCUT2D eigenvalue weighted by Crippen LogP contribution is -2.36. The first-order chi connectivity index (χ1) is 15.7. The number of amides is 3. The fourth-order valence-corrected chi connectivity index (χ4v) is 4.24. The van der Waals surface area contributed by atoms with Crippen molar-refractivity contribution in [3.63, 3.8) is 0 Å². The minimum absolute atomic E-state index is 0.198. The highest BCUT2D eigenvalue weighted by Crippen LogP contribution is 2.50. The number of anilines is 2. The Hall–Kier alpha value is -3.82. The summed E-state index contributed by atoms with van der Waals surface area (Å²) in [7, 11) is 1.75. The van der Waals surface area contributed by atoms with Crippen molar-refractivity contribution < 1.29 is 27.5 Å². The molecule has 33 heavy (non-hydrogen) atoms. The predicted octanol–water partition coefficient (Wildman–Crippen LogP) is 4.68. The Bertz CT molecular complexity index is 1260. The third-order valence-corrected chi connectivity index (χ3v) is 5.98. The molecule has 1 aromatic heterocycles. The van der Waals surface area contributed by atoms with Gasteiger partial charge in [0.25, 0.3) is 5.91 Å². The van der Waals surface area contributed by atoms with Crippen LogP contribution in [0.3, 0.4) is 0 Å². The quantitative estimate of drug-likeness (QED) is 0.565. The number of nitrogens with zero attached hydrogens (tertiary/aromatic N) is 3. The number of hydrogen-bond acceptors (Lipinski definition) is 5. The molecule has 1 spiro atoms. The minimum Gasteiger partial charge on any atom is -0.406 e. The largest absolute Gasteiger partial charge is 0.573 e. The number of rotatable bonds is 5. The second kappa shape index (κ2) is 7.36. The van der Waals surface area contributed by atoms with Gasteiger partial charge in [-0.15, -0.1) is 13.2 Å². The molecule has 1 N–H and O–H groups in total. The summed E-state index contributed by atoms with van der Waals surface area (Å²) in [6.45, 7) is 0.202. The summed E-state index contributed by atoms with van der Waals surface area (Å²) in [5.41, 5.74) is 0.874. The van der Waals surface area contributed by atoms with E-state index in [4.69, 9.17) is 0 Å². The van der Waals surface area contributed by atoms with Crippen molar-refractivity contribution in [2.75, 3.05) is 17.3 Å². The van der Waals surface area contributed by atoms with E-state index in [-0.39, 0.29) is 18.1 Å². The number of pyridine rings is 1. The molecule has 3 aromatic rings. The predicted molar refractivity (Wildman–Crippen MR) is 115 cm³/mol. The molecule has 5 rings (SSSR count). The molecular formula is C23H19F3N4O3. The number of alkyl halides is 3. The second-order valence-corrected chi connectivity index (χ2v) is 8.02. The van der Waals surface area contributed by atoms with Crippen molar-refractivity contribution in [2.45, 2.75) is 31.3 Å². The van der Waals surface area contributed by atoms with Gasteiger partial charge in [-0.05, 0) is 54.8 Å². The number of aromatic nitrogens is 1. The molecule has 0 radical (unpaired) electrons. The molecule has 1 saturated heterocycles. The van der Waals surface area contributed by atoms with Crippen molar-refractivity contribution in [3.05, 3.63) is 60.2 Å². The van der Waals surface area contributed by atoms with E-state index in [1.165, 1.54) is 12.1 Å². The topological polar surface area (TPSA) is 74.8 Å². The lowest BCUT2D eigenvalue weighted by Gasteiger charge is -2.22. The molecule has 0 atom stereocenters. The molecule has 0 unspecified atom stereocenters. The number of para-hydroxylation sites is 1. The van der Waals surface area contributed by atoms with E-state index >= 15 is 0 Å². The van der Waals surface area contributed by atoms with E-state index in [1.807, 2.05) is 30.3 Å². The highest BCUT2D eigenvalue weighted by Gasteiger charge is 2.65. The summed E-state index contributed by atoms with van der Waals surface area (Å²) in [4.78, 5) is 33.7. The lowest BCUT2D eigenvalue weighted by molar-refractivity contribution is -0.274. The van der Waals surface area contributed by atoms with Gasteiger partial charge in [-0.2, -0.15) is 0 Å². The van der Waals surface area contributed by atoms with Gasteiger partial charge < -0.3 is 15.0 Å². The van der Waals surface area contributed by atoms with Gasteiger partial charge in [-0.3, -0.25) is 4.79 Å². The Morgan fingerprint density at radius 3 is 2.42 bits per heavy atom. The van der Waals surface area contributed by atoms with Gasteiger partial charge >= 0.3 is 12.4 Å². The van der Waals surface area contributed by atoms with E-state index in [0.717, 1.165) is 33.5 Å². The van der Waals surface area contributed by atoms with Crippen LogP contribution in [0, 0.1) is 0 Å². The zero-order valence-corrected chi connectivity index (χ0v) is 17.5. The van der Waals surface area contributed by atoms with Crippen LogP contribution in [0.25, 0.3) is 10.9 Å². The van der Waals surface area contributed by atoms with Crippen molar-refractivity contribution >= 4 is 34.3 Å². The highest BCUT2D eigenvalue weighted by atomic mass is 19.4. The van der Waals surface area contributed by atoms with Crippen LogP contribution in [0.1, 0.15) is 18.4 Å². The van der Waals surface area contributed by atoms with Crippen LogP contribution in [0.5, 0.6) is 5.75 Å². The van der Waals surface area contributed by atoms with Crippen molar-refractivity contribution in [3.8, 4) is 5.75 Å². The Balaban J connectivity index is 1.47. The third kappa shape index (κ3) is 3.61. The highest BCUT2D eigenvalue weighted by molar-refractivity contribution is 6.24. The zero-order valence-electron chi connectivity index (χ0n) is 17.5. The van der Waals surface area contributed by atoms with Crippen LogP contribution in [0.4, 0.5) is 29.5 Å². The Morgan fingerprint density at radius 1 is 1.09 bits per heavy atom. The first kappa shape index (κ1) is 21.0. The molecule has 3 amide bonds. The SMILES string of the molecule is CNc1cc(CN2C(=O)N(c3ccc(OC(F)(F)F)cc3)C(=O)C23CC3)c2ccccc2n1. The van der Waals surface area contributed by atoms with Gasteiger partial charge in [0.05, 0.1) is 11.2 Å². The van der Waals surface area contributed by atoms with Gasteiger partial charge in [0.2, 0.25) is 0 Å². The average molecular weight is 456 g/mol. The number of nitrogens with one attached hydrogen (secondary N) is 1. The number of ether oxygens (including phenoxy) is 1. The maximum Gasteiger partial charge on any atom is 0.573 e. The van der Waals surface area contributed by atoms with E-state index in [1.54, 1.807) is 11.9 Å². The number of fused-ring (bicyclic) bond motifs is 1. The Morgan fingerprint density at radius 2 is 1.79 bits per heavy atom. The maximum absolute atomic E-state index is 13.4. The summed E-state index contributed by atoms with van der Waals surface area (Å²) in [6.07, 6.45) is -3.76. The third-order valence-electron chi connectivity index (χ3n) is 5.98. The van der Waals surface area contributed by atoms with Crippen molar-refractivity contribution in [1.82, 2.24) is 9.88 Å². The van der Waals surface area contributed by atoms with Crippen molar-refractivity contribution in [2.24, 2.45) is 0 Å². The van der Waals surface area contributed by atoms with Crippen LogP contribution >= 0.6 is 0 Å². The molecule has 2 aliphatic rings. The summed E-state index contributed by atoms with van der Waals surface area (Å²) in [5.74, 6) is -0.154. The molecule has 10 heteroatoms. The first-order valence-corrected chi connectivity index (χ1v) is 10.3. The summed E-state index contributed by atoms with van der Waals surface area (Å²) in [5, 5.41) is 3.89. The standard InChI is InChI=1S/C23H19F3N4O3/c1-27-19-12-14(17-4-2-3-5-18(17)28-19)13-29-21(32)30(20(31)22(29)10-11-22)15-6-8-16(9-7-15)33-23(24,25)26/h2-9,12H,10-11,13H2,1H3,(H,27,28). The summed E-state index contributed by atoms with van der Waals surface area (Å²) >= 11 is 0. The number of halogens is 3. The summed E-state index contributed by atoms with van der Waals surface area (Å²) < 4.78 is 41.2. The number of carbonyl (C=O) groups excluding carboxylic acids is 2. The second-order valence-electron chi connectivity index (χ2n) is 8.02. The molecule has 1 aliphatic carbocycles. The molecule has 1 saturated carbocycles. The van der Waals surface area contributed by atoms with Crippen LogP contribution in [-0.2, 0) is 11.3 Å². The van der Waals surface area contributed by atoms with Crippen LogP contribution in [0.15, 0.2) is 54.6 Å². The molecule has 1 aliphatic heterocycles. The van der Waals surface area contributed by atoms with E-state index in [9.17, 15) is 22.8 Å². The fourth-order valence-electron chi connectivity index (χ4n) is 4.24. The average Bonchev–Trinajstić information content (AvgIpc) is 3.55. The molecule has 0 bridgehead atoms. The number of benzene rings is 2. The van der Waals surface area contributed by atoms with Gasteiger partial charge in [-0.1, -0.05) is 18.2 Å². The Labute approximate surface area is 186 Å². The first-order valence-electron chi connectivity index (χ1n) is 10.3. The molecular weight excluding hydrogens is 437 g/mol. The van der Waals surface area contributed by atoms with Crippen LogP contribution in [0.2, 0.25) is 0 Å². The van der Waals surface area contributed by atoms with E-state index in [0.29, 0.717) is 18.7 Å². The molecule has 2 fully saturated rings. The van der Waals surface area contributed by atoms with Gasteiger partial charge in [-0.25, -0.2) is 14.7 Å². The number of imide groups is 1. The monoisotopic (exact) mass is 456 g/mol. The molecule has 170 valence electrons. The molecule has 7 nitrogen and oxygen atoms in total. The zero-order chi connectivity index (χ0) is 23.4. The normalized spacial score (nSPS) is 17.2. The Kier molecular flexibility index (Phi) is 4.70. The van der Waals surface area contributed by atoms with Crippen LogP contribution in [-0.4, -0.2) is 40.8 Å². The summed E-state index contributed by atoms with van der Waals surface area (Å²) in [6, 6.07) is 13.6. The van der Waals surface area contributed by atoms with Crippen molar-refractivity contribution in [1.29, 1.82) is 0 Å². The van der Waals surface area contributed by atoms with Gasteiger partial charge in [0.1, 0.15) is 17.1 Å². The van der Waals surface area contributed by atoms with E-state index < -0.39 is 23.7 Å². The lowest BCUT2D eigenvalue weighted by atomic mass is 10.1. The molecule has 2 aromatic carbocycles. The number of carbonyl (C=O) groups is 2. The van der Waals surface area contributed by atoms with Gasteiger partial charge in [0, 0.05) is 19.0 Å². The smallest absolute Gasteiger partial charge is 0.406 e. The minimum atomic E-state index is -4.82.